The number of carbonyl (C=O) groups excluding carboxylic acids is 3. The van der Waals surface area contributed by atoms with Crippen LogP contribution in [0.15, 0.2) is 24.3 Å². The maximum absolute atomic E-state index is 12.9. The van der Waals surface area contributed by atoms with Crippen molar-refractivity contribution in [2.45, 2.75) is 45.6 Å². The molecule has 2 aliphatic rings. The molecule has 2 fully saturated rings. The zero-order valence-corrected chi connectivity index (χ0v) is 16.3. The molecule has 1 heterocycles. The number of amides is 2. The van der Waals surface area contributed by atoms with Gasteiger partial charge in [0.1, 0.15) is 5.82 Å². The third kappa shape index (κ3) is 4.69. The maximum Gasteiger partial charge on any atom is 0.311 e. The number of hydrogen-bond donors (Lipinski definition) is 1. The number of nitrogens with zero attached hydrogens (tertiary/aromatic N) is 1. The summed E-state index contributed by atoms with van der Waals surface area (Å²) in [5.41, 5.74) is 0.421. The number of rotatable bonds is 5. The standard InChI is InChI=1S/C21H27FN2O4/c1-13-4-3-5-18(14(13)2)24-11-15(10-20(24)26)21(27)28-12-19(25)23-17-8-6-16(22)7-9-17/h6-9,13-15,18H,3-5,10-12H2,1-2H3,(H,23,25)/t13-,14-,15-,18+/m1/s1. The molecule has 0 spiro atoms. The first kappa shape index (κ1) is 20.3. The lowest BCUT2D eigenvalue weighted by Crippen LogP contribution is -2.45. The van der Waals surface area contributed by atoms with Gasteiger partial charge in [0.15, 0.2) is 6.61 Å². The van der Waals surface area contributed by atoms with Crippen LogP contribution in [0, 0.1) is 23.6 Å². The van der Waals surface area contributed by atoms with E-state index in [4.69, 9.17) is 4.74 Å². The fraction of sp³-hybridized carbons (Fsp3) is 0.571. The van der Waals surface area contributed by atoms with Crippen LogP contribution in [0.4, 0.5) is 10.1 Å². The molecule has 1 saturated heterocycles. The molecule has 1 saturated carbocycles. The quantitative estimate of drug-likeness (QED) is 0.785. The Kier molecular flexibility index (Phi) is 6.31. The van der Waals surface area contributed by atoms with E-state index in [1.165, 1.54) is 30.7 Å². The van der Waals surface area contributed by atoms with Crippen molar-refractivity contribution in [2.75, 3.05) is 18.5 Å². The lowest BCUT2D eigenvalue weighted by Gasteiger charge is -2.39. The number of halogens is 1. The molecular weight excluding hydrogens is 363 g/mol. The van der Waals surface area contributed by atoms with Crippen LogP contribution in [0.3, 0.4) is 0 Å². The van der Waals surface area contributed by atoms with Crippen molar-refractivity contribution < 1.29 is 23.5 Å². The van der Waals surface area contributed by atoms with Crippen molar-refractivity contribution in [3.8, 4) is 0 Å². The highest BCUT2D eigenvalue weighted by Crippen LogP contribution is 2.35. The van der Waals surface area contributed by atoms with Gasteiger partial charge < -0.3 is 15.0 Å². The second-order valence-corrected chi connectivity index (χ2v) is 7.94. The summed E-state index contributed by atoms with van der Waals surface area (Å²) in [7, 11) is 0. The molecule has 0 bridgehead atoms. The molecule has 6 nitrogen and oxygen atoms in total. The van der Waals surface area contributed by atoms with Crippen LogP contribution in [0.1, 0.15) is 39.5 Å². The maximum atomic E-state index is 12.9. The second-order valence-electron chi connectivity index (χ2n) is 7.94. The van der Waals surface area contributed by atoms with E-state index in [9.17, 15) is 18.8 Å². The van der Waals surface area contributed by atoms with Gasteiger partial charge >= 0.3 is 5.97 Å². The summed E-state index contributed by atoms with van der Waals surface area (Å²) >= 11 is 0. The van der Waals surface area contributed by atoms with Gasteiger partial charge in [-0.3, -0.25) is 14.4 Å². The molecule has 1 aromatic carbocycles. The minimum atomic E-state index is -0.532. The van der Waals surface area contributed by atoms with Crippen LogP contribution in [0.5, 0.6) is 0 Å². The Balaban J connectivity index is 1.49. The van der Waals surface area contributed by atoms with E-state index < -0.39 is 30.2 Å². The number of benzene rings is 1. The number of anilines is 1. The zero-order valence-electron chi connectivity index (χ0n) is 16.3. The first-order valence-electron chi connectivity index (χ1n) is 9.86. The minimum absolute atomic E-state index is 0.0105. The first-order valence-corrected chi connectivity index (χ1v) is 9.86. The van der Waals surface area contributed by atoms with Crippen molar-refractivity contribution in [3.63, 3.8) is 0 Å². The molecule has 3 rings (SSSR count). The SMILES string of the molecule is C[C@@H]1[C@H](C)CCC[C@@H]1N1C[C@H](C(=O)OCC(=O)Nc2ccc(F)cc2)CC1=O. The van der Waals surface area contributed by atoms with E-state index in [-0.39, 0.29) is 18.4 Å². The number of likely N-dealkylation sites (tertiary alicyclic amines) is 1. The molecule has 0 unspecified atom stereocenters. The van der Waals surface area contributed by atoms with Crippen LogP contribution >= 0.6 is 0 Å². The molecule has 1 aromatic rings. The Labute approximate surface area is 164 Å². The molecular formula is C21H27FN2O4. The third-order valence-electron chi connectivity index (χ3n) is 6.03. The van der Waals surface area contributed by atoms with Crippen LogP contribution in [0.2, 0.25) is 0 Å². The number of hydrogen-bond acceptors (Lipinski definition) is 4. The van der Waals surface area contributed by atoms with Gasteiger partial charge in [-0.05, 0) is 42.5 Å². The Morgan fingerprint density at radius 2 is 1.93 bits per heavy atom. The predicted octanol–water partition coefficient (Wildman–Crippen LogP) is 2.98. The minimum Gasteiger partial charge on any atom is -0.455 e. The second kappa shape index (κ2) is 8.71. The molecule has 4 atom stereocenters. The van der Waals surface area contributed by atoms with Crippen LogP contribution in [0.25, 0.3) is 0 Å². The topological polar surface area (TPSA) is 75.7 Å². The fourth-order valence-electron chi connectivity index (χ4n) is 4.19. The van der Waals surface area contributed by atoms with E-state index >= 15 is 0 Å². The van der Waals surface area contributed by atoms with Crippen molar-refractivity contribution >= 4 is 23.5 Å². The number of ether oxygens (including phenoxy) is 1. The summed E-state index contributed by atoms with van der Waals surface area (Å²) < 4.78 is 18.0. The van der Waals surface area contributed by atoms with Crippen LogP contribution < -0.4 is 5.32 Å². The smallest absolute Gasteiger partial charge is 0.311 e. The average Bonchev–Trinajstić information content (AvgIpc) is 3.05. The Bertz CT molecular complexity index is 736. The van der Waals surface area contributed by atoms with Gasteiger partial charge in [-0.1, -0.05) is 26.7 Å². The fourth-order valence-corrected chi connectivity index (χ4v) is 4.19. The van der Waals surface area contributed by atoms with Crippen molar-refractivity contribution in [2.24, 2.45) is 17.8 Å². The Hall–Kier alpha value is -2.44. The van der Waals surface area contributed by atoms with Gasteiger partial charge in [0, 0.05) is 24.7 Å². The summed E-state index contributed by atoms with van der Waals surface area (Å²) in [6, 6.07) is 5.49. The van der Waals surface area contributed by atoms with Gasteiger partial charge in [0.25, 0.3) is 5.91 Å². The molecule has 1 aliphatic heterocycles. The van der Waals surface area contributed by atoms with Gasteiger partial charge in [0.2, 0.25) is 5.91 Å². The average molecular weight is 390 g/mol. The largest absolute Gasteiger partial charge is 0.455 e. The number of esters is 1. The number of carbonyl (C=O) groups is 3. The summed E-state index contributed by atoms with van der Waals surface area (Å²) in [4.78, 5) is 38.5. The van der Waals surface area contributed by atoms with Gasteiger partial charge in [-0.25, -0.2) is 4.39 Å². The number of nitrogens with one attached hydrogen (secondary N) is 1. The summed E-state index contributed by atoms with van der Waals surface area (Å²) in [6.07, 6.45) is 3.38. The molecule has 2 amide bonds. The normalized spacial score (nSPS) is 27.5. The summed E-state index contributed by atoms with van der Waals surface area (Å²) in [5.74, 6) is -1.00. The predicted molar refractivity (Wildman–Crippen MR) is 102 cm³/mol. The lowest BCUT2D eigenvalue weighted by atomic mass is 9.77. The lowest BCUT2D eigenvalue weighted by molar-refractivity contribution is -0.151. The molecule has 0 radical (unpaired) electrons. The summed E-state index contributed by atoms with van der Waals surface area (Å²) in [5, 5.41) is 2.53. The molecule has 0 aromatic heterocycles. The van der Waals surface area contributed by atoms with E-state index in [1.54, 1.807) is 0 Å². The van der Waals surface area contributed by atoms with Gasteiger partial charge in [-0.15, -0.1) is 0 Å². The molecule has 28 heavy (non-hydrogen) atoms. The highest BCUT2D eigenvalue weighted by atomic mass is 19.1. The monoisotopic (exact) mass is 390 g/mol. The van der Waals surface area contributed by atoms with Gasteiger partial charge in [0.05, 0.1) is 5.92 Å². The van der Waals surface area contributed by atoms with Crippen molar-refractivity contribution in [3.05, 3.63) is 30.1 Å². The van der Waals surface area contributed by atoms with Crippen molar-refractivity contribution in [1.29, 1.82) is 0 Å². The Morgan fingerprint density at radius 3 is 2.64 bits per heavy atom. The van der Waals surface area contributed by atoms with E-state index in [0.29, 0.717) is 24.1 Å². The summed E-state index contributed by atoms with van der Waals surface area (Å²) in [6.45, 7) is 4.31. The molecule has 7 heteroatoms. The van der Waals surface area contributed by atoms with Gasteiger partial charge in [-0.2, -0.15) is 0 Å². The highest BCUT2D eigenvalue weighted by molar-refractivity contribution is 5.93. The molecule has 152 valence electrons. The van der Waals surface area contributed by atoms with E-state index in [0.717, 1.165) is 12.8 Å². The zero-order chi connectivity index (χ0) is 20.3. The molecule has 1 aliphatic carbocycles. The Morgan fingerprint density at radius 1 is 1.21 bits per heavy atom. The van der Waals surface area contributed by atoms with Crippen LogP contribution in [-0.4, -0.2) is 41.9 Å². The van der Waals surface area contributed by atoms with E-state index in [1.807, 2.05) is 4.90 Å². The highest BCUT2D eigenvalue weighted by Gasteiger charge is 2.42. The third-order valence-corrected chi connectivity index (χ3v) is 6.03. The van der Waals surface area contributed by atoms with E-state index in [2.05, 4.69) is 19.2 Å². The van der Waals surface area contributed by atoms with Crippen molar-refractivity contribution in [1.82, 2.24) is 4.90 Å². The van der Waals surface area contributed by atoms with Crippen LogP contribution in [-0.2, 0) is 19.1 Å². The molecule has 1 N–H and O–H groups in total. The first-order chi connectivity index (χ1) is 13.3.